The molecule has 0 saturated carbocycles. The normalized spacial score (nSPS) is 11.8. The van der Waals surface area contributed by atoms with Gasteiger partial charge in [0.05, 0.1) is 12.3 Å². The first-order chi connectivity index (χ1) is 14.4. The smallest absolute Gasteiger partial charge is 0.350 e. The quantitative estimate of drug-likeness (QED) is 0.399. The first kappa shape index (κ1) is 21.8. The van der Waals surface area contributed by atoms with E-state index in [0.717, 1.165) is 16.9 Å². The molecule has 2 aromatic heterocycles. The fourth-order valence-corrected chi connectivity index (χ4v) is 4.48. The third-order valence-electron chi connectivity index (χ3n) is 4.16. The highest BCUT2D eigenvalue weighted by Crippen LogP contribution is 2.28. The number of nitrogen functional groups attached to an aromatic ring is 1. The minimum absolute atomic E-state index is 0.149. The number of rotatable bonds is 8. The molecule has 3 rings (SSSR count). The van der Waals surface area contributed by atoms with Crippen LogP contribution >= 0.6 is 23.1 Å². The van der Waals surface area contributed by atoms with E-state index >= 15 is 0 Å². The largest absolute Gasteiger partial charge is 0.462 e. The Bertz CT molecular complexity index is 1030. The Morgan fingerprint density at radius 3 is 2.73 bits per heavy atom. The van der Waals surface area contributed by atoms with Gasteiger partial charge in [-0.05, 0) is 26.3 Å². The van der Waals surface area contributed by atoms with Gasteiger partial charge in [0.2, 0.25) is 11.9 Å². The Labute approximate surface area is 182 Å². The molecular weight excluding hydrogens is 424 g/mol. The average molecular weight is 447 g/mol. The molecule has 0 saturated heterocycles. The second kappa shape index (κ2) is 9.72. The molecule has 0 aliphatic rings. The molecule has 158 valence electrons. The third-order valence-corrected chi connectivity index (χ3v) is 6.22. The first-order valence-electron chi connectivity index (χ1n) is 9.23. The third kappa shape index (κ3) is 4.97. The Kier molecular flexibility index (Phi) is 7.06. The van der Waals surface area contributed by atoms with Crippen LogP contribution in [0.1, 0.15) is 40.8 Å². The van der Waals surface area contributed by atoms with Crippen LogP contribution in [-0.4, -0.2) is 38.2 Å². The number of amides is 1. The average Bonchev–Trinajstić information content (AvgIpc) is 3.28. The number of carbonyl (C=O) groups excluding carboxylic acids is 2. The summed E-state index contributed by atoms with van der Waals surface area (Å²) < 4.78 is 6.59. The summed E-state index contributed by atoms with van der Waals surface area (Å²) in [6.07, 6.45) is 0. The molecule has 3 aromatic rings. The van der Waals surface area contributed by atoms with Crippen molar-refractivity contribution in [1.82, 2.24) is 19.7 Å². The number of thiazole rings is 1. The Morgan fingerprint density at radius 2 is 2.03 bits per heavy atom. The molecule has 30 heavy (non-hydrogen) atoms. The fraction of sp³-hybridized carbons (Fsp3) is 0.316. The van der Waals surface area contributed by atoms with Gasteiger partial charge in [0, 0.05) is 5.75 Å². The predicted octanol–water partition coefficient (Wildman–Crippen LogP) is 3.29. The van der Waals surface area contributed by atoms with Gasteiger partial charge in [-0.2, -0.15) is 0 Å². The van der Waals surface area contributed by atoms with E-state index in [1.54, 1.807) is 25.3 Å². The highest BCUT2D eigenvalue weighted by Gasteiger charge is 2.24. The molecule has 0 fully saturated rings. The van der Waals surface area contributed by atoms with Crippen molar-refractivity contribution in [2.75, 3.05) is 17.7 Å². The maximum absolute atomic E-state index is 12.8. The van der Waals surface area contributed by atoms with Crippen molar-refractivity contribution in [2.45, 2.75) is 37.7 Å². The number of nitrogens with zero attached hydrogens (tertiary/aromatic N) is 4. The van der Waals surface area contributed by atoms with Gasteiger partial charge in [-0.25, -0.2) is 9.78 Å². The standard InChI is InChI=1S/C19H22N6O3S2/c1-4-28-16(27)14-11(2)21-18(30-14)22-15(26)12(3)25-17(20)23-24-19(25)29-10-13-8-6-5-7-9-13/h5-9,12H,4,10H2,1-3H3,(H2,20,23)(H,21,22,26). The van der Waals surface area contributed by atoms with Crippen LogP contribution in [0.25, 0.3) is 0 Å². The Hall–Kier alpha value is -2.92. The Morgan fingerprint density at radius 1 is 1.30 bits per heavy atom. The van der Waals surface area contributed by atoms with E-state index in [1.807, 2.05) is 30.3 Å². The van der Waals surface area contributed by atoms with Crippen molar-refractivity contribution in [3.05, 3.63) is 46.5 Å². The first-order valence-corrected chi connectivity index (χ1v) is 11.0. The molecule has 1 atom stereocenters. The molecule has 3 N–H and O–H groups in total. The fourth-order valence-electron chi connectivity index (χ4n) is 2.64. The zero-order valence-corrected chi connectivity index (χ0v) is 18.4. The summed E-state index contributed by atoms with van der Waals surface area (Å²) >= 11 is 2.52. The Balaban J connectivity index is 1.71. The van der Waals surface area contributed by atoms with E-state index in [1.165, 1.54) is 11.8 Å². The maximum Gasteiger partial charge on any atom is 0.350 e. The number of carbonyl (C=O) groups is 2. The highest BCUT2D eigenvalue weighted by atomic mass is 32.2. The lowest BCUT2D eigenvalue weighted by Gasteiger charge is -2.15. The maximum atomic E-state index is 12.8. The molecular formula is C19H22N6O3S2. The van der Waals surface area contributed by atoms with Crippen molar-refractivity contribution < 1.29 is 14.3 Å². The predicted molar refractivity (Wildman–Crippen MR) is 117 cm³/mol. The summed E-state index contributed by atoms with van der Waals surface area (Å²) in [5, 5.41) is 11.6. The highest BCUT2D eigenvalue weighted by molar-refractivity contribution is 7.98. The van der Waals surface area contributed by atoms with E-state index in [0.29, 0.717) is 26.6 Å². The van der Waals surface area contributed by atoms with Crippen molar-refractivity contribution >= 4 is 46.1 Å². The van der Waals surface area contributed by atoms with Gasteiger partial charge in [-0.1, -0.05) is 53.4 Å². The lowest BCUT2D eigenvalue weighted by molar-refractivity contribution is -0.118. The number of anilines is 2. The lowest BCUT2D eigenvalue weighted by atomic mass is 10.2. The van der Waals surface area contributed by atoms with Crippen LogP contribution in [0.15, 0.2) is 35.5 Å². The molecule has 1 aromatic carbocycles. The van der Waals surface area contributed by atoms with Crippen LogP contribution in [0.5, 0.6) is 0 Å². The second-order valence-electron chi connectivity index (χ2n) is 6.30. The number of nitrogens with two attached hydrogens (primary N) is 1. The summed E-state index contributed by atoms with van der Waals surface area (Å²) in [4.78, 5) is 29.4. The molecule has 1 amide bonds. The molecule has 0 spiro atoms. The number of ether oxygens (including phenoxy) is 1. The number of aryl methyl sites for hydroxylation is 1. The van der Waals surface area contributed by atoms with Crippen molar-refractivity contribution in [1.29, 1.82) is 0 Å². The van der Waals surface area contributed by atoms with E-state index in [4.69, 9.17) is 10.5 Å². The summed E-state index contributed by atoms with van der Waals surface area (Å²) in [7, 11) is 0. The van der Waals surface area contributed by atoms with Gasteiger partial charge < -0.3 is 15.8 Å². The molecule has 0 aliphatic heterocycles. The van der Waals surface area contributed by atoms with E-state index in [2.05, 4.69) is 20.5 Å². The zero-order valence-electron chi connectivity index (χ0n) is 16.8. The number of benzene rings is 1. The monoisotopic (exact) mass is 446 g/mol. The molecule has 0 radical (unpaired) electrons. The van der Waals surface area contributed by atoms with Gasteiger partial charge in [-0.3, -0.25) is 9.36 Å². The topological polar surface area (TPSA) is 125 Å². The number of hydrogen-bond acceptors (Lipinski definition) is 9. The summed E-state index contributed by atoms with van der Waals surface area (Å²) in [6.45, 7) is 5.40. The minimum Gasteiger partial charge on any atom is -0.462 e. The van der Waals surface area contributed by atoms with Gasteiger partial charge >= 0.3 is 5.97 Å². The van der Waals surface area contributed by atoms with Crippen molar-refractivity contribution in [2.24, 2.45) is 0 Å². The summed E-state index contributed by atoms with van der Waals surface area (Å²) in [6, 6.07) is 9.23. The van der Waals surface area contributed by atoms with Crippen molar-refractivity contribution in [3.8, 4) is 0 Å². The van der Waals surface area contributed by atoms with E-state index < -0.39 is 12.0 Å². The summed E-state index contributed by atoms with van der Waals surface area (Å²) in [5.41, 5.74) is 7.59. The number of nitrogens with one attached hydrogen (secondary N) is 1. The van der Waals surface area contributed by atoms with Crippen molar-refractivity contribution in [3.63, 3.8) is 0 Å². The second-order valence-corrected chi connectivity index (χ2v) is 8.25. The number of esters is 1. The van der Waals surface area contributed by atoms with Crippen LogP contribution in [0.4, 0.5) is 11.1 Å². The minimum atomic E-state index is -0.673. The zero-order chi connectivity index (χ0) is 21.7. The number of thioether (sulfide) groups is 1. The number of hydrogen-bond donors (Lipinski definition) is 2. The molecule has 2 heterocycles. The SMILES string of the molecule is CCOC(=O)c1sc(NC(=O)C(C)n2c(N)nnc2SCc2ccccc2)nc1C. The van der Waals surface area contributed by atoms with E-state index in [-0.39, 0.29) is 18.5 Å². The van der Waals surface area contributed by atoms with Gasteiger partial charge in [-0.15, -0.1) is 10.2 Å². The van der Waals surface area contributed by atoms with Gasteiger partial charge in [0.25, 0.3) is 0 Å². The number of aromatic nitrogens is 4. The lowest BCUT2D eigenvalue weighted by Crippen LogP contribution is -2.25. The van der Waals surface area contributed by atoms with Gasteiger partial charge in [0.1, 0.15) is 10.9 Å². The molecule has 0 bridgehead atoms. The van der Waals surface area contributed by atoms with Crippen LogP contribution in [0.3, 0.4) is 0 Å². The molecule has 0 aliphatic carbocycles. The van der Waals surface area contributed by atoms with Crippen LogP contribution < -0.4 is 11.1 Å². The van der Waals surface area contributed by atoms with Gasteiger partial charge in [0.15, 0.2) is 10.3 Å². The molecule has 1 unspecified atom stereocenters. The van der Waals surface area contributed by atoms with E-state index in [9.17, 15) is 9.59 Å². The molecule has 11 heteroatoms. The van der Waals surface area contributed by atoms with Crippen LogP contribution in [0.2, 0.25) is 0 Å². The molecule has 9 nitrogen and oxygen atoms in total. The summed E-state index contributed by atoms with van der Waals surface area (Å²) in [5.74, 6) is 0.0219. The van der Waals surface area contributed by atoms with Crippen LogP contribution in [0, 0.1) is 6.92 Å². The van der Waals surface area contributed by atoms with Crippen LogP contribution in [-0.2, 0) is 15.3 Å².